The van der Waals surface area contributed by atoms with Gasteiger partial charge in [-0.2, -0.15) is 0 Å². The average Bonchev–Trinajstić information content (AvgIpc) is 2.28. The number of nitrogens with zero attached hydrogens (tertiary/aromatic N) is 1. The summed E-state index contributed by atoms with van der Waals surface area (Å²) in [6.45, 7) is 7.17. The van der Waals surface area contributed by atoms with Crippen LogP contribution in [0.15, 0.2) is 18.2 Å². The minimum atomic E-state index is 0.273. The van der Waals surface area contributed by atoms with Crippen LogP contribution in [-0.2, 0) is 11.2 Å². The zero-order chi connectivity index (χ0) is 12.4. The summed E-state index contributed by atoms with van der Waals surface area (Å²) in [6, 6.07) is 6.33. The zero-order valence-corrected chi connectivity index (χ0v) is 11.0. The number of aryl methyl sites for hydroxylation is 2. The molecule has 0 aliphatic carbocycles. The summed E-state index contributed by atoms with van der Waals surface area (Å²) < 4.78 is 0. The van der Waals surface area contributed by atoms with Gasteiger partial charge in [-0.1, -0.05) is 32.0 Å². The Hall–Kier alpha value is -1.31. The maximum Gasteiger partial charge on any atom is 0.227 e. The number of rotatable bonds is 2. The first-order chi connectivity index (χ1) is 8.09. The van der Waals surface area contributed by atoms with Gasteiger partial charge >= 0.3 is 0 Å². The Morgan fingerprint density at radius 1 is 1.41 bits per heavy atom. The van der Waals surface area contributed by atoms with Gasteiger partial charge in [-0.15, -0.1) is 0 Å². The van der Waals surface area contributed by atoms with Crippen molar-refractivity contribution in [3.8, 4) is 0 Å². The first-order valence-electron chi connectivity index (χ1n) is 6.48. The smallest absolute Gasteiger partial charge is 0.227 e. The van der Waals surface area contributed by atoms with Gasteiger partial charge in [0.2, 0.25) is 5.91 Å². The number of fused-ring (bicyclic) bond motifs is 1. The van der Waals surface area contributed by atoms with Crippen molar-refractivity contribution in [2.24, 2.45) is 5.92 Å². The van der Waals surface area contributed by atoms with Crippen LogP contribution in [0.3, 0.4) is 0 Å². The fourth-order valence-electron chi connectivity index (χ4n) is 2.56. The topological polar surface area (TPSA) is 20.3 Å². The zero-order valence-electron chi connectivity index (χ0n) is 11.0. The molecule has 0 saturated heterocycles. The van der Waals surface area contributed by atoms with E-state index in [4.69, 9.17) is 0 Å². The van der Waals surface area contributed by atoms with Crippen LogP contribution in [0.5, 0.6) is 0 Å². The summed E-state index contributed by atoms with van der Waals surface area (Å²) in [5.74, 6) is 0.701. The molecule has 0 atom stereocenters. The quantitative estimate of drug-likeness (QED) is 0.764. The van der Waals surface area contributed by atoms with Gasteiger partial charge in [0.1, 0.15) is 0 Å². The SMILES string of the molecule is Cc1cccc2c1N(C(=O)CC(C)C)CCC2. The van der Waals surface area contributed by atoms with Crippen LogP contribution in [-0.4, -0.2) is 12.5 Å². The van der Waals surface area contributed by atoms with E-state index in [2.05, 4.69) is 39.0 Å². The van der Waals surface area contributed by atoms with Crippen molar-refractivity contribution < 1.29 is 4.79 Å². The van der Waals surface area contributed by atoms with E-state index in [1.54, 1.807) is 0 Å². The molecular weight excluding hydrogens is 210 g/mol. The summed E-state index contributed by atoms with van der Waals surface area (Å²) in [7, 11) is 0. The lowest BCUT2D eigenvalue weighted by atomic mass is 9.97. The van der Waals surface area contributed by atoms with Gasteiger partial charge in [0.25, 0.3) is 0 Å². The second-order valence-electron chi connectivity index (χ2n) is 5.33. The highest BCUT2D eigenvalue weighted by atomic mass is 16.2. The van der Waals surface area contributed by atoms with E-state index in [0.717, 1.165) is 19.4 Å². The molecule has 2 nitrogen and oxygen atoms in total. The van der Waals surface area contributed by atoms with Crippen molar-refractivity contribution in [2.45, 2.75) is 40.0 Å². The lowest BCUT2D eigenvalue weighted by molar-refractivity contribution is -0.119. The second kappa shape index (κ2) is 4.91. The molecule has 17 heavy (non-hydrogen) atoms. The van der Waals surface area contributed by atoms with Crippen molar-refractivity contribution in [1.82, 2.24) is 0 Å². The standard InChI is InChI=1S/C15H21NO/c1-11(2)10-14(17)16-9-5-8-13-7-4-6-12(3)15(13)16/h4,6-7,11H,5,8-10H2,1-3H3. The molecule has 1 aromatic rings. The molecule has 0 spiro atoms. The van der Waals surface area contributed by atoms with Crippen molar-refractivity contribution >= 4 is 11.6 Å². The molecular formula is C15H21NO. The molecule has 1 aromatic carbocycles. The average molecular weight is 231 g/mol. The molecule has 2 rings (SSSR count). The number of hydrogen-bond donors (Lipinski definition) is 0. The highest BCUT2D eigenvalue weighted by Gasteiger charge is 2.23. The Morgan fingerprint density at radius 2 is 2.18 bits per heavy atom. The van der Waals surface area contributed by atoms with Gasteiger partial charge in [-0.3, -0.25) is 4.79 Å². The molecule has 1 amide bonds. The summed E-state index contributed by atoms with van der Waals surface area (Å²) in [5.41, 5.74) is 3.72. The monoisotopic (exact) mass is 231 g/mol. The van der Waals surface area contributed by atoms with Crippen molar-refractivity contribution in [1.29, 1.82) is 0 Å². The number of hydrogen-bond acceptors (Lipinski definition) is 1. The third-order valence-electron chi connectivity index (χ3n) is 3.30. The third kappa shape index (κ3) is 2.51. The second-order valence-corrected chi connectivity index (χ2v) is 5.33. The molecule has 1 aliphatic heterocycles. The number of carbonyl (C=O) groups excluding carboxylic acids is 1. The Kier molecular flexibility index (Phi) is 3.51. The molecule has 0 radical (unpaired) electrons. The fraction of sp³-hybridized carbons (Fsp3) is 0.533. The number of para-hydroxylation sites is 1. The van der Waals surface area contributed by atoms with Crippen LogP contribution in [0.2, 0.25) is 0 Å². The van der Waals surface area contributed by atoms with Crippen LogP contribution in [0, 0.1) is 12.8 Å². The van der Waals surface area contributed by atoms with Crippen LogP contribution < -0.4 is 4.90 Å². The molecule has 0 saturated carbocycles. The molecule has 0 bridgehead atoms. The highest BCUT2D eigenvalue weighted by Crippen LogP contribution is 2.31. The van der Waals surface area contributed by atoms with Gasteiger partial charge < -0.3 is 4.90 Å². The lowest BCUT2D eigenvalue weighted by Gasteiger charge is -2.31. The maximum absolute atomic E-state index is 12.2. The van der Waals surface area contributed by atoms with E-state index in [-0.39, 0.29) is 5.91 Å². The number of anilines is 1. The Labute approximate surface area is 104 Å². The minimum Gasteiger partial charge on any atom is -0.312 e. The first kappa shape index (κ1) is 12.2. The van der Waals surface area contributed by atoms with Crippen LogP contribution >= 0.6 is 0 Å². The van der Waals surface area contributed by atoms with E-state index < -0.39 is 0 Å². The van der Waals surface area contributed by atoms with E-state index in [9.17, 15) is 4.79 Å². The van der Waals surface area contributed by atoms with E-state index in [0.29, 0.717) is 12.3 Å². The summed E-state index contributed by atoms with van der Waals surface area (Å²) in [5, 5.41) is 0. The largest absolute Gasteiger partial charge is 0.312 e. The van der Waals surface area contributed by atoms with Crippen LogP contribution in [0.1, 0.15) is 37.8 Å². The molecule has 0 unspecified atom stereocenters. The summed E-state index contributed by atoms with van der Waals surface area (Å²) in [6.07, 6.45) is 2.83. The predicted molar refractivity (Wildman–Crippen MR) is 71.3 cm³/mol. The van der Waals surface area contributed by atoms with Crippen molar-refractivity contribution in [3.63, 3.8) is 0 Å². The third-order valence-corrected chi connectivity index (χ3v) is 3.30. The predicted octanol–water partition coefficient (Wildman–Crippen LogP) is 3.32. The molecule has 1 heterocycles. The number of benzene rings is 1. The minimum absolute atomic E-state index is 0.273. The van der Waals surface area contributed by atoms with Crippen LogP contribution in [0.4, 0.5) is 5.69 Å². The highest BCUT2D eigenvalue weighted by molar-refractivity contribution is 5.95. The first-order valence-corrected chi connectivity index (χ1v) is 6.48. The molecule has 2 heteroatoms. The van der Waals surface area contributed by atoms with Crippen molar-refractivity contribution in [2.75, 3.05) is 11.4 Å². The van der Waals surface area contributed by atoms with Gasteiger partial charge in [-0.25, -0.2) is 0 Å². The van der Waals surface area contributed by atoms with Crippen LogP contribution in [0.25, 0.3) is 0 Å². The van der Waals surface area contributed by atoms with Gasteiger partial charge in [-0.05, 0) is 36.8 Å². The van der Waals surface area contributed by atoms with E-state index in [1.165, 1.54) is 16.8 Å². The molecule has 1 aliphatic rings. The molecule has 0 fully saturated rings. The van der Waals surface area contributed by atoms with Gasteiger partial charge in [0, 0.05) is 18.7 Å². The number of carbonyl (C=O) groups is 1. The van der Waals surface area contributed by atoms with Gasteiger partial charge in [0.05, 0.1) is 0 Å². The summed E-state index contributed by atoms with van der Waals surface area (Å²) in [4.78, 5) is 14.2. The van der Waals surface area contributed by atoms with Gasteiger partial charge in [0.15, 0.2) is 0 Å². The maximum atomic E-state index is 12.2. The Balaban J connectivity index is 2.31. The van der Waals surface area contributed by atoms with E-state index in [1.807, 2.05) is 4.90 Å². The lowest BCUT2D eigenvalue weighted by Crippen LogP contribution is -2.36. The summed E-state index contributed by atoms with van der Waals surface area (Å²) >= 11 is 0. The molecule has 92 valence electrons. The fourth-order valence-corrected chi connectivity index (χ4v) is 2.56. The Morgan fingerprint density at radius 3 is 2.88 bits per heavy atom. The number of amides is 1. The normalized spacial score (nSPS) is 14.9. The van der Waals surface area contributed by atoms with E-state index >= 15 is 0 Å². The molecule has 0 N–H and O–H groups in total. The molecule has 0 aromatic heterocycles. The van der Waals surface area contributed by atoms with Crippen molar-refractivity contribution in [3.05, 3.63) is 29.3 Å². The Bertz CT molecular complexity index is 423.